The van der Waals surface area contributed by atoms with Gasteiger partial charge in [-0.1, -0.05) is 25.6 Å². The zero-order valence-electron chi connectivity index (χ0n) is 16.1. The summed E-state index contributed by atoms with van der Waals surface area (Å²) in [4.78, 5) is 23.9. The number of piperidine rings is 1. The van der Waals surface area contributed by atoms with Crippen LogP contribution in [0, 0.1) is 5.92 Å². The molecule has 0 spiro atoms. The van der Waals surface area contributed by atoms with Gasteiger partial charge in [-0.05, 0) is 32.1 Å². The first-order valence-electron chi connectivity index (χ1n) is 10.0. The fraction of sp³-hybridized carbons (Fsp3) is 0.684. The first-order chi connectivity index (χ1) is 13.1. The molecule has 1 aliphatic carbocycles. The van der Waals surface area contributed by atoms with Crippen molar-refractivity contribution in [3.63, 3.8) is 0 Å². The lowest BCUT2D eigenvalue weighted by atomic mass is 10.1. The fourth-order valence-corrected chi connectivity index (χ4v) is 4.17. The molecule has 7 nitrogen and oxygen atoms in total. The van der Waals surface area contributed by atoms with Crippen LogP contribution < -0.4 is 10.2 Å². The summed E-state index contributed by atoms with van der Waals surface area (Å²) >= 11 is 1.68. The SMILES string of the molecule is CC(C)Sc1nc(N2CCCCC2)c2cnn(CCNC(=O)C3CC3)c2n1. The number of carbonyl (C=O) groups excluding carboxylic acids is 1. The largest absolute Gasteiger partial charge is 0.356 e. The molecule has 0 atom stereocenters. The molecule has 1 saturated carbocycles. The van der Waals surface area contributed by atoms with E-state index in [0.717, 1.165) is 47.9 Å². The monoisotopic (exact) mass is 388 g/mol. The van der Waals surface area contributed by atoms with Crippen LogP contribution in [0.25, 0.3) is 11.0 Å². The summed E-state index contributed by atoms with van der Waals surface area (Å²) in [6.07, 6.45) is 7.64. The van der Waals surface area contributed by atoms with Gasteiger partial charge in [0.2, 0.25) is 5.91 Å². The molecule has 0 bridgehead atoms. The summed E-state index contributed by atoms with van der Waals surface area (Å²) < 4.78 is 1.90. The number of aromatic nitrogens is 4. The number of carbonyl (C=O) groups is 1. The number of hydrogen-bond donors (Lipinski definition) is 1. The Hall–Kier alpha value is -1.83. The molecular formula is C19H28N6OS. The highest BCUT2D eigenvalue weighted by Gasteiger charge is 2.29. The van der Waals surface area contributed by atoms with E-state index >= 15 is 0 Å². The molecule has 0 aromatic carbocycles. The topological polar surface area (TPSA) is 75.9 Å². The Kier molecular flexibility index (Phi) is 5.52. The number of rotatable bonds is 7. The molecule has 146 valence electrons. The highest BCUT2D eigenvalue weighted by molar-refractivity contribution is 7.99. The van der Waals surface area contributed by atoms with Gasteiger partial charge in [-0.15, -0.1) is 0 Å². The van der Waals surface area contributed by atoms with Crippen LogP contribution >= 0.6 is 11.8 Å². The second-order valence-corrected chi connectivity index (χ2v) is 9.26. The summed E-state index contributed by atoms with van der Waals surface area (Å²) in [5.74, 6) is 1.42. The van der Waals surface area contributed by atoms with Gasteiger partial charge in [0, 0.05) is 30.8 Å². The second-order valence-electron chi connectivity index (χ2n) is 7.71. The van der Waals surface area contributed by atoms with Crippen LogP contribution in [-0.4, -0.2) is 50.5 Å². The third-order valence-corrected chi connectivity index (χ3v) is 5.89. The van der Waals surface area contributed by atoms with Gasteiger partial charge in [-0.25, -0.2) is 14.6 Å². The number of hydrogen-bond acceptors (Lipinski definition) is 6. The van der Waals surface area contributed by atoms with E-state index in [1.807, 2.05) is 10.9 Å². The van der Waals surface area contributed by atoms with Gasteiger partial charge in [0.15, 0.2) is 10.8 Å². The molecule has 0 unspecified atom stereocenters. The van der Waals surface area contributed by atoms with E-state index < -0.39 is 0 Å². The Bertz CT molecular complexity index is 810. The van der Waals surface area contributed by atoms with Crippen molar-refractivity contribution in [1.29, 1.82) is 0 Å². The van der Waals surface area contributed by atoms with E-state index in [0.29, 0.717) is 18.3 Å². The van der Waals surface area contributed by atoms with Crippen molar-refractivity contribution in [3.8, 4) is 0 Å². The maximum Gasteiger partial charge on any atom is 0.223 e. The van der Waals surface area contributed by atoms with E-state index in [4.69, 9.17) is 9.97 Å². The van der Waals surface area contributed by atoms with Gasteiger partial charge in [0.25, 0.3) is 0 Å². The van der Waals surface area contributed by atoms with Crippen molar-refractivity contribution in [2.24, 2.45) is 5.92 Å². The minimum atomic E-state index is 0.172. The van der Waals surface area contributed by atoms with E-state index in [2.05, 4.69) is 29.2 Å². The first-order valence-corrected chi connectivity index (χ1v) is 10.9. The molecule has 1 aliphatic heterocycles. The summed E-state index contributed by atoms with van der Waals surface area (Å²) in [6, 6.07) is 0. The maximum atomic E-state index is 11.9. The number of anilines is 1. The highest BCUT2D eigenvalue weighted by atomic mass is 32.2. The van der Waals surface area contributed by atoms with E-state index in [1.165, 1.54) is 19.3 Å². The number of amides is 1. The van der Waals surface area contributed by atoms with E-state index in [-0.39, 0.29) is 11.8 Å². The third kappa shape index (κ3) is 4.36. The molecule has 2 aromatic heterocycles. The molecule has 2 aromatic rings. The summed E-state index contributed by atoms with van der Waals surface area (Å²) in [7, 11) is 0. The third-order valence-electron chi connectivity index (χ3n) is 5.02. The van der Waals surface area contributed by atoms with Gasteiger partial charge in [-0.2, -0.15) is 5.10 Å². The lowest BCUT2D eigenvalue weighted by Crippen LogP contribution is -2.30. The molecule has 4 rings (SSSR count). The smallest absolute Gasteiger partial charge is 0.223 e. The molecule has 2 aliphatic rings. The van der Waals surface area contributed by atoms with Crippen molar-refractivity contribution in [1.82, 2.24) is 25.1 Å². The van der Waals surface area contributed by atoms with Gasteiger partial charge in [-0.3, -0.25) is 4.79 Å². The molecule has 1 N–H and O–H groups in total. The van der Waals surface area contributed by atoms with Crippen LogP contribution in [0.2, 0.25) is 0 Å². The van der Waals surface area contributed by atoms with E-state index in [9.17, 15) is 4.79 Å². The van der Waals surface area contributed by atoms with Crippen LogP contribution in [0.15, 0.2) is 11.4 Å². The highest BCUT2D eigenvalue weighted by Crippen LogP contribution is 2.30. The summed E-state index contributed by atoms with van der Waals surface area (Å²) in [6.45, 7) is 7.61. The summed E-state index contributed by atoms with van der Waals surface area (Å²) in [5.41, 5.74) is 0.870. The van der Waals surface area contributed by atoms with Crippen molar-refractivity contribution < 1.29 is 4.79 Å². The Labute approximate surface area is 164 Å². The standard InChI is InChI=1S/C19H28N6OS/c1-13(2)27-19-22-16(24-9-4-3-5-10-24)15-12-21-25(17(15)23-19)11-8-20-18(26)14-6-7-14/h12-14H,3-11H2,1-2H3,(H,20,26). The molecule has 0 radical (unpaired) electrons. The Morgan fingerprint density at radius 1 is 1.26 bits per heavy atom. The Morgan fingerprint density at radius 3 is 2.74 bits per heavy atom. The van der Waals surface area contributed by atoms with Crippen LogP contribution in [0.5, 0.6) is 0 Å². The van der Waals surface area contributed by atoms with Gasteiger partial charge < -0.3 is 10.2 Å². The van der Waals surface area contributed by atoms with Crippen molar-refractivity contribution in [3.05, 3.63) is 6.20 Å². The van der Waals surface area contributed by atoms with Crippen molar-refractivity contribution >= 4 is 34.5 Å². The first kappa shape index (κ1) is 18.5. The normalized spacial score (nSPS) is 17.7. The fourth-order valence-electron chi connectivity index (χ4n) is 3.47. The van der Waals surface area contributed by atoms with Crippen LogP contribution in [0.1, 0.15) is 46.0 Å². The number of nitrogens with one attached hydrogen (secondary N) is 1. The lowest BCUT2D eigenvalue weighted by Gasteiger charge is -2.28. The minimum Gasteiger partial charge on any atom is -0.356 e. The molecule has 3 heterocycles. The molecule has 27 heavy (non-hydrogen) atoms. The number of fused-ring (bicyclic) bond motifs is 1. The van der Waals surface area contributed by atoms with Crippen LogP contribution in [0.3, 0.4) is 0 Å². The van der Waals surface area contributed by atoms with E-state index in [1.54, 1.807) is 11.8 Å². The second kappa shape index (κ2) is 8.04. The molecular weight excluding hydrogens is 360 g/mol. The maximum absolute atomic E-state index is 11.9. The lowest BCUT2D eigenvalue weighted by molar-refractivity contribution is -0.122. The summed E-state index contributed by atoms with van der Waals surface area (Å²) in [5, 5.41) is 9.81. The quantitative estimate of drug-likeness (QED) is 0.581. The van der Waals surface area contributed by atoms with Gasteiger partial charge >= 0.3 is 0 Å². The molecule has 8 heteroatoms. The van der Waals surface area contributed by atoms with Crippen molar-refractivity contribution in [2.75, 3.05) is 24.5 Å². The minimum absolute atomic E-state index is 0.172. The predicted molar refractivity (Wildman–Crippen MR) is 108 cm³/mol. The van der Waals surface area contributed by atoms with Crippen LogP contribution in [0.4, 0.5) is 5.82 Å². The zero-order chi connectivity index (χ0) is 18.8. The molecule has 1 amide bonds. The molecule has 1 saturated heterocycles. The van der Waals surface area contributed by atoms with Crippen LogP contribution in [-0.2, 0) is 11.3 Å². The number of nitrogens with zero attached hydrogens (tertiary/aromatic N) is 5. The predicted octanol–water partition coefficient (Wildman–Crippen LogP) is 2.84. The Balaban J connectivity index is 1.59. The molecule has 2 fully saturated rings. The Morgan fingerprint density at radius 2 is 2.04 bits per heavy atom. The van der Waals surface area contributed by atoms with Gasteiger partial charge in [0.05, 0.1) is 18.1 Å². The van der Waals surface area contributed by atoms with Crippen molar-refractivity contribution in [2.45, 2.75) is 62.9 Å². The van der Waals surface area contributed by atoms with Gasteiger partial charge in [0.1, 0.15) is 5.82 Å². The average Bonchev–Trinajstić information content (AvgIpc) is 3.44. The number of thioether (sulfide) groups is 1. The zero-order valence-corrected chi connectivity index (χ0v) is 17.0. The average molecular weight is 389 g/mol.